The Bertz CT molecular complexity index is 579. The number of nitrogens with one attached hydrogen (secondary N) is 1. The van der Waals surface area contributed by atoms with Crippen LogP contribution < -0.4 is 10.2 Å². The van der Waals surface area contributed by atoms with Crippen molar-refractivity contribution in [3.63, 3.8) is 0 Å². The molecule has 2 rings (SSSR count). The third-order valence-corrected chi connectivity index (χ3v) is 2.66. The van der Waals surface area contributed by atoms with Crippen molar-refractivity contribution < 1.29 is 9.90 Å². The van der Waals surface area contributed by atoms with E-state index >= 15 is 0 Å². The molecule has 0 aliphatic rings. The minimum atomic E-state index is -0.987. The number of benzene rings is 1. The molecule has 0 saturated heterocycles. The first-order valence-electron chi connectivity index (χ1n) is 5.79. The summed E-state index contributed by atoms with van der Waals surface area (Å²) >= 11 is 0. The van der Waals surface area contributed by atoms with Crippen LogP contribution in [0.25, 0.3) is 0 Å². The van der Waals surface area contributed by atoms with Gasteiger partial charge in [0.2, 0.25) is 0 Å². The van der Waals surface area contributed by atoms with Crippen LogP contribution in [-0.4, -0.2) is 30.2 Å². The maximum absolute atomic E-state index is 10.9. The summed E-state index contributed by atoms with van der Waals surface area (Å²) in [7, 11) is 3.95. The van der Waals surface area contributed by atoms with Crippen molar-refractivity contribution in [2.24, 2.45) is 0 Å². The molecule has 0 spiro atoms. The number of rotatable bonds is 4. The van der Waals surface area contributed by atoms with Crippen molar-refractivity contribution in [2.75, 3.05) is 24.3 Å². The molecule has 0 radical (unpaired) electrons. The van der Waals surface area contributed by atoms with Gasteiger partial charge in [-0.1, -0.05) is 0 Å². The molecule has 0 saturated carbocycles. The summed E-state index contributed by atoms with van der Waals surface area (Å²) in [5, 5.41) is 12.0. The van der Waals surface area contributed by atoms with E-state index in [1.807, 2.05) is 43.3 Å². The van der Waals surface area contributed by atoms with Gasteiger partial charge < -0.3 is 15.3 Å². The number of hydrogen-bond acceptors (Lipinski definition) is 4. The van der Waals surface area contributed by atoms with Crippen molar-refractivity contribution in [1.82, 2.24) is 4.98 Å². The van der Waals surface area contributed by atoms with Gasteiger partial charge in [-0.05, 0) is 30.3 Å². The molecule has 0 atom stereocenters. The predicted octanol–water partition coefficient (Wildman–Crippen LogP) is 2.59. The SMILES string of the molecule is CN(C)c1ccc(Nc2cncc(C(=O)O)c2)cc1. The molecule has 0 aliphatic carbocycles. The number of pyridine rings is 1. The average molecular weight is 257 g/mol. The van der Waals surface area contributed by atoms with Crippen LogP contribution in [0.2, 0.25) is 0 Å². The smallest absolute Gasteiger partial charge is 0.337 e. The number of aromatic nitrogens is 1. The summed E-state index contributed by atoms with van der Waals surface area (Å²) < 4.78 is 0. The van der Waals surface area contributed by atoms with E-state index in [4.69, 9.17) is 5.11 Å². The molecule has 5 heteroatoms. The van der Waals surface area contributed by atoms with Crippen LogP contribution in [0, 0.1) is 0 Å². The second-order valence-electron chi connectivity index (χ2n) is 4.33. The van der Waals surface area contributed by atoms with Crippen LogP contribution in [0.4, 0.5) is 17.1 Å². The van der Waals surface area contributed by atoms with Gasteiger partial charge in [0, 0.05) is 31.7 Å². The first-order chi connectivity index (χ1) is 9.06. The summed E-state index contributed by atoms with van der Waals surface area (Å²) in [6.45, 7) is 0. The standard InChI is InChI=1S/C14H15N3O2/c1-17(2)13-5-3-11(4-6-13)16-12-7-10(14(18)19)8-15-9-12/h3-9,16H,1-2H3,(H,18,19). The molecule has 1 heterocycles. The molecule has 0 amide bonds. The molecule has 19 heavy (non-hydrogen) atoms. The zero-order chi connectivity index (χ0) is 13.8. The fraction of sp³-hybridized carbons (Fsp3) is 0.143. The van der Waals surface area contributed by atoms with Gasteiger partial charge >= 0.3 is 5.97 Å². The lowest BCUT2D eigenvalue weighted by atomic mass is 10.2. The van der Waals surface area contributed by atoms with E-state index < -0.39 is 5.97 Å². The molecule has 1 aromatic heterocycles. The summed E-state index contributed by atoms with van der Waals surface area (Å²) in [6, 6.07) is 9.38. The van der Waals surface area contributed by atoms with E-state index in [9.17, 15) is 4.79 Å². The Labute approximate surface area is 111 Å². The van der Waals surface area contributed by atoms with Crippen LogP contribution in [-0.2, 0) is 0 Å². The first kappa shape index (κ1) is 12.9. The number of hydrogen-bond donors (Lipinski definition) is 2. The maximum atomic E-state index is 10.9. The van der Waals surface area contributed by atoms with Gasteiger partial charge in [-0.25, -0.2) is 4.79 Å². The van der Waals surface area contributed by atoms with Gasteiger partial charge in [-0.15, -0.1) is 0 Å². The number of carbonyl (C=O) groups is 1. The predicted molar refractivity (Wildman–Crippen MR) is 75.2 cm³/mol. The lowest BCUT2D eigenvalue weighted by molar-refractivity contribution is 0.0696. The van der Waals surface area contributed by atoms with Crippen molar-refractivity contribution in [2.45, 2.75) is 0 Å². The van der Waals surface area contributed by atoms with E-state index in [1.165, 1.54) is 6.20 Å². The Morgan fingerprint density at radius 1 is 1.16 bits per heavy atom. The van der Waals surface area contributed by atoms with E-state index in [2.05, 4.69) is 10.3 Å². The second-order valence-corrected chi connectivity index (χ2v) is 4.33. The van der Waals surface area contributed by atoms with E-state index in [0.29, 0.717) is 5.69 Å². The molecule has 1 aromatic carbocycles. The average Bonchev–Trinajstić information content (AvgIpc) is 2.39. The third-order valence-electron chi connectivity index (χ3n) is 2.66. The highest BCUT2D eigenvalue weighted by Crippen LogP contribution is 2.20. The second kappa shape index (κ2) is 5.39. The Hall–Kier alpha value is -2.56. The van der Waals surface area contributed by atoms with Gasteiger partial charge in [0.05, 0.1) is 17.4 Å². The van der Waals surface area contributed by atoms with Crippen molar-refractivity contribution in [3.8, 4) is 0 Å². The first-order valence-corrected chi connectivity index (χ1v) is 5.79. The molecule has 0 unspecified atom stereocenters. The van der Waals surface area contributed by atoms with Gasteiger partial charge in [0.1, 0.15) is 0 Å². The minimum Gasteiger partial charge on any atom is -0.478 e. The largest absolute Gasteiger partial charge is 0.478 e. The summed E-state index contributed by atoms with van der Waals surface area (Å²) in [6.07, 6.45) is 2.91. The monoisotopic (exact) mass is 257 g/mol. The zero-order valence-corrected chi connectivity index (χ0v) is 10.8. The lowest BCUT2D eigenvalue weighted by Crippen LogP contribution is -2.08. The Morgan fingerprint density at radius 3 is 2.42 bits per heavy atom. The fourth-order valence-electron chi connectivity index (χ4n) is 1.63. The highest BCUT2D eigenvalue weighted by molar-refractivity contribution is 5.88. The topological polar surface area (TPSA) is 65.5 Å². The number of carboxylic acids is 1. The van der Waals surface area contributed by atoms with Crippen LogP contribution in [0.3, 0.4) is 0 Å². The Kier molecular flexibility index (Phi) is 3.66. The van der Waals surface area contributed by atoms with Gasteiger partial charge in [0.25, 0.3) is 0 Å². The zero-order valence-electron chi connectivity index (χ0n) is 10.8. The van der Waals surface area contributed by atoms with E-state index in [0.717, 1.165) is 11.4 Å². The maximum Gasteiger partial charge on any atom is 0.337 e. The van der Waals surface area contributed by atoms with Crippen LogP contribution in [0.1, 0.15) is 10.4 Å². The number of aromatic carboxylic acids is 1. The van der Waals surface area contributed by atoms with Crippen molar-refractivity contribution >= 4 is 23.0 Å². The van der Waals surface area contributed by atoms with Gasteiger partial charge in [0.15, 0.2) is 0 Å². The molecular weight excluding hydrogens is 242 g/mol. The highest BCUT2D eigenvalue weighted by atomic mass is 16.4. The van der Waals surface area contributed by atoms with Crippen molar-refractivity contribution in [3.05, 3.63) is 48.3 Å². The number of nitrogens with zero attached hydrogens (tertiary/aromatic N) is 2. The molecule has 5 nitrogen and oxygen atoms in total. The highest BCUT2D eigenvalue weighted by Gasteiger charge is 2.04. The summed E-state index contributed by atoms with van der Waals surface area (Å²) in [5.41, 5.74) is 2.80. The molecule has 0 bridgehead atoms. The van der Waals surface area contributed by atoms with Crippen molar-refractivity contribution in [1.29, 1.82) is 0 Å². The quantitative estimate of drug-likeness (QED) is 0.881. The molecular formula is C14H15N3O2. The van der Waals surface area contributed by atoms with Gasteiger partial charge in [-0.3, -0.25) is 4.98 Å². The molecule has 0 aliphatic heterocycles. The molecule has 0 fully saturated rings. The van der Waals surface area contributed by atoms with Crippen LogP contribution in [0.5, 0.6) is 0 Å². The van der Waals surface area contributed by atoms with Crippen LogP contribution in [0.15, 0.2) is 42.7 Å². The normalized spacial score (nSPS) is 10.0. The molecule has 98 valence electrons. The minimum absolute atomic E-state index is 0.162. The number of anilines is 3. The lowest BCUT2D eigenvalue weighted by Gasteiger charge is -2.13. The third kappa shape index (κ3) is 3.22. The molecule has 2 N–H and O–H groups in total. The summed E-state index contributed by atoms with van der Waals surface area (Å²) in [4.78, 5) is 16.8. The fourth-order valence-corrected chi connectivity index (χ4v) is 1.63. The Balaban J connectivity index is 2.16. The summed E-state index contributed by atoms with van der Waals surface area (Å²) in [5.74, 6) is -0.987. The van der Waals surface area contributed by atoms with E-state index in [-0.39, 0.29) is 5.56 Å². The number of carboxylic acid groups (broad SMARTS) is 1. The Morgan fingerprint density at radius 2 is 1.84 bits per heavy atom. The van der Waals surface area contributed by atoms with E-state index in [1.54, 1.807) is 12.3 Å². The van der Waals surface area contributed by atoms with Gasteiger partial charge in [-0.2, -0.15) is 0 Å². The molecule has 2 aromatic rings. The van der Waals surface area contributed by atoms with Crippen LogP contribution >= 0.6 is 0 Å².